The fraction of sp³-hybridized carbons (Fsp3) is 0.500. The zero-order chi connectivity index (χ0) is 20.0. The van der Waals surface area contributed by atoms with Crippen LogP contribution < -0.4 is 10.0 Å². The summed E-state index contributed by atoms with van der Waals surface area (Å²) >= 11 is 0. The van der Waals surface area contributed by atoms with Crippen LogP contribution >= 0.6 is 0 Å². The highest BCUT2D eigenvalue weighted by Crippen LogP contribution is 2.42. The van der Waals surface area contributed by atoms with Gasteiger partial charge in [0.25, 0.3) is 5.92 Å². The Hall–Kier alpha value is -2.22. The van der Waals surface area contributed by atoms with E-state index in [0.29, 0.717) is 6.92 Å². The van der Waals surface area contributed by atoms with Gasteiger partial charge >= 0.3 is 0 Å². The third kappa shape index (κ3) is 3.90. The number of aliphatic hydroxyl groups is 2. The van der Waals surface area contributed by atoms with Crippen molar-refractivity contribution in [1.29, 1.82) is 0 Å². The third-order valence-corrected chi connectivity index (χ3v) is 5.22. The summed E-state index contributed by atoms with van der Waals surface area (Å²) in [4.78, 5) is 0.656. The number of H-pyrrole nitrogens is 1. The van der Waals surface area contributed by atoms with Gasteiger partial charge < -0.3 is 15.1 Å². The number of piperidine rings is 1. The highest BCUT2D eigenvalue weighted by Gasteiger charge is 2.37. The number of hydrogen-bond donors (Lipinski definition) is 4. The molecule has 1 aromatic heterocycles. The largest absolute Gasteiger partial charge is 0.391 e. The number of aromatic nitrogens is 4. The molecule has 148 valence electrons. The molecule has 0 amide bonds. The van der Waals surface area contributed by atoms with Crippen molar-refractivity contribution in [1.82, 2.24) is 20.6 Å². The lowest BCUT2D eigenvalue weighted by molar-refractivity contribution is 0.0145. The van der Waals surface area contributed by atoms with Crippen LogP contribution in [-0.2, 0) is 15.9 Å². The highest BCUT2D eigenvalue weighted by atomic mass is 32.2. The number of nitrogens with two attached hydrogens (primary N) is 1. The van der Waals surface area contributed by atoms with Crippen LogP contribution in [0, 0.1) is 0 Å². The summed E-state index contributed by atoms with van der Waals surface area (Å²) in [6.45, 7) is 0.655. The smallest absolute Gasteiger partial charge is 0.271 e. The molecule has 0 saturated carbocycles. The average Bonchev–Trinajstić information content (AvgIpc) is 3.04. The van der Waals surface area contributed by atoms with Crippen LogP contribution in [-0.4, -0.2) is 64.6 Å². The summed E-state index contributed by atoms with van der Waals surface area (Å²) in [6, 6.07) is 2.22. The van der Waals surface area contributed by atoms with Gasteiger partial charge in [0, 0.05) is 37.7 Å². The first-order valence-electron chi connectivity index (χ1n) is 7.91. The molecular weight excluding hydrogens is 386 g/mol. The molecule has 2 atom stereocenters. The Bertz CT molecular complexity index is 922. The molecule has 5 N–H and O–H groups in total. The molecule has 27 heavy (non-hydrogen) atoms. The summed E-state index contributed by atoms with van der Waals surface area (Å²) in [7, 11) is -4.61. The minimum atomic E-state index is -4.61. The predicted molar refractivity (Wildman–Crippen MR) is 89.4 cm³/mol. The number of alkyl halides is 2. The molecule has 0 bridgehead atoms. The highest BCUT2D eigenvalue weighted by molar-refractivity contribution is 7.89. The van der Waals surface area contributed by atoms with E-state index in [1.54, 1.807) is 0 Å². The maximum absolute atomic E-state index is 14.1. The number of hydrogen-bond acceptors (Lipinski definition) is 8. The fourth-order valence-electron chi connectivity index (χ4n) is 3.21. The number of primary sulfonamides is 1. The summed E-state index contributed by atoms with van der Waals surface area (Å²) < 4.78 is 52.6. The van der Waals surface area contributed by atoms with Crippen molar-refractivity contribution in [3.8, 4) is 11.4 Å². The standard InChI is InChI=1S/C14H18F2N6O4S/c1-14(15,16)9-2-3-10(22-5-7(23)4-8(24)6-22)11(12(9)27(17,25)26)13-18-20-21-19-13/h2-3,7-8,23-24H,4-6H2,1H3,(H2,17,25,26)(H,18,19,20,21)/t7-,8-/m1/s1. The molecule has 1 aliphatic heterocycles. The second kappa shape index (κ2) is 6.74. The summed E-state index contributed by atoms with van der Waals surface area (Å²) in [5.41, 5.74) is -0.913. The first-order valence-corrected chi connectivity index (χ1v) is 9.46. The Morgan fingerprint density at radius 2 is 1.93 bits per heavy atom. The number of rotatable bonds is 4. The molecule has 1 saturated heterocycles. The van der Waals surface area contributed by atoms with Crippen LogP contribution in [0.15, 0.2) is 17.0 Å². The Morgan fingerprint density at radius 1 is 1.30 bits per heavy atom. The van der Waals surface area contributed by atoms with E-state index in [-0.39, 0.29) is 36.6 Å². The van der Waals surface area contributed by atoms with E-state index < -0.39 is 38.6 Å². The van der Waals surface area contributed by atoms with Crippen LogP contribution in [0.5, 0.6) is 0 Å². The van der Waals surface area contributed by atoms with E-state index in [9.17, 15) is 27.4 Å². The Labute approximate surface area is 153 Å². The lowest BCUT2D eigenvalue weighted by Gasteiger charge is -2.36. The van der Waals surface area contributed by atoms with Crippen LogP contribution in [0.3, 0.4) is 0 Å². The van der Waals surface area contributed by atoms with Gasteiger partial charge in [-0.3, -0.25) is 0 Å². The normalized spacial score (nSPS) is 21.5. The van der Waals surface area contributed by atoms with Gasteiger partial charge in [0.15, 0.2) is 5.82 Å². The van der Waals surface area contributed by atoms with E-state index in [1.165, 1.54) is 11.0 Å². The van der Waals surface area contributed by atoms with Crippen molar-refractivity contribution in [2.75, 3.05) is 18.0 Å². The Balaban J connectivity index is 2.32. The second-order valence-corrected chi connectivity index (χ2v) is 7.97. The van der Waals surface area contributed by atoms with E-state index in [0.717, 1.165) is 6.07 Å². The predicted octanol–water partition coefficient (Wildman–Crippen LogP) is -0.442. The number of nitrogens with zero attached hydrogens (tertiary/aromatic N) is 4. The van der Waals surface area contributed by atoms with Crippen LogP contribution in [0.1, 0.15) is 18.9 Å². The zero-order valence-electron chi connectivity index (χ0n) is 14.2. The molecule has 0 radical (unpaired) electrons. The number of anilines is 1. The molecule has 13 heteroatoms. The molecule has 2 aromatic rings. The van der Waals surface area contributed by atoms with Gasteiger partial charge in [-0.15, -0.1) is 5.10 Å². The van der Waals surface area contributed by atoms with Crippen molar-refractivity contribution >= 4 is 15.7 Å². The van der Waals surface area contributed by atoms with Crippen molar-refractivity contribution < 1.29 is 27.4 Å². The quantitative estimate of drug-likeness (QED) is 0.534. The third-order valence-electron chi connectivity index (χ3n) is 4.22. The lowest BCUT2D eigenvalue weighted by atomic mass is 9.99. The summed E-state index contributed by atoms with van der Waals surface area (Å²) in [6.07, 6.45) is -1.64. The van der Waals surface area contributed by atoms with E-state index in [2.05, 4.69) is 20.6 Å². The van der Waals surface area contributed by atoms with Gasteiger partial charge in [-0.2, -0.15) is 0 Å². The van der Waals surface area contributed by atoms with Crippen LogP contribution in [0.4, 0.5) is 14.5 Å². The number of tetrazole rings is 1. The minimum absolute atomic E-state index is 0.0531. The monoisotopic (exact) mass is 404 g/mol. The Kier molecular flexibility index (Phi) is 4.88. The minimum Gasteiger partial charge on any atom is -0.391 e. The van der Waals surface area contributed by atoms with E-state index in [4.69, 9.17) is 5.14 Å². The first-order chi connectivity index (χ1) is 12.5. The molecule has 3 rings (SSSR count). The fourth-order valence-corrected chi connectivity index (χ4v) is 4.25. The molecule has 1 aromatic carbocycles. The van der Waals surface area contributed by atoms with Crippen molar-refractivity contribution in [3.05, 3.63) is 17.7 Å². The van der Waals surface area contributed by atoms with Gasteiger partial charge in [-0.05, 0) is 22.6 Å². The molecule has 2 heterocycles. The zero-order valence-corrected chi connectivity index (χ0v) is 15.0. The number of sulfonamides is 1. The van der Waals surface area contributed by atoms with Gasteiger partial charge in [0.05, 0.1) is 17.8 Å². The van der Waals surface area contributed by atoms with Gasteiger partial charge in [0.2, 0.25) is 10.0 Å². The molecule has 0 aliphatic carbocycles. The van der Waals surface area contributed by atoms with Crippen molar-refractivity contribution in [2.24, 2.45) is 5.14 Å². The molecule has 1 aliphatic rings. The van der Waals surface area contributed by atoms with Crippen LogP contribution in [0.25, 0.3) is 11.4 Å². The maximum atomic E-state index is 14.1. The molecular formula is C14H18F2N6O4S. The van der Waals surface area contributed by atoms with Gasteiger partial charge in [-0.1, -0.05) is 0 Å². The lowest BCUT2D eigenvalue weighted by Crippen LogP contribution is -2.46. The number of halogens is 2. The Morgan fingerprint density at radius 3 is 2.41 bits per heavy atom. The van der Waals surface area contributed by atoms with Crippen molar-refractivity contribution in [2.45, 2.75) is 36.4 Å². The summed E-state index contributed by atoms with van der Waals surface area (Å²) in [5, 5.41) is 37.9. The first kappa shape index (κ1) is 19.5. The number of nitrogens with one attached hydrogen (secondary N) is 1. The molecule has 1 fully saturated rings. The molecule has 10 nitrogen and oxygen atoms in total. The average molecular weight is 404 g/mol. The summed E-state index contributed by atoms with van der Waals surface area (Å²) in [5.74, 6) is -3.70. The van der Waals surface area contributed by atoms with E-state index in [1.807, 2.05) is 0 Å². The number of aliphatic hydroxyl groups excluding tert-OH is 2. The number of β-amino-alcohol motifs (C(OH)–C–C–N with tert-alkyl or cyclic N) is 2. The van der Waals surface area contributed by atoms with Gasteiger partial charge in [-0.25, -0.2) is 27.4 Å². The maximum Gasteiger partial charge on any atom is 0.271 e. The van der Waals surface area contributed by atoms with Gasteiger partial charge in [0.1, 0.15) is 4.90 Å². The second-order valence-electron chi connectivity index (χ2n) is 6.47. The van der Waals surface area contributed by atoms with Crippen molar-refractivity contribution in [3.63, 3.8) is 0 Å². The number of benzene rings is 1. The molecule has 0 unspecified atom stereocenters. The number of aromatic amines is 1. The van der Waals surface area contributed by atoms with Crippen LogP contribution in [0.2, 0.25) is 0 Å². The SMILES string of the molecule is CC(F)(F)c1ccc(N2C[C@H](O)C[C@@H](O)C2)c(-c2nnn[nH]2)c1S(N)(=O)=O. The van der Waals surface area contributed by atoms with E-state index >= 15 is 0 Å². The topological polar surface area (TPSA) is 158 Å². The molecule has 0 spiro atoms.